The van der Waals surface area contributed by atoms with E-state index < -0.39 is 0 Å². The molecule has 0 aliphatic carbocycles. The van der Waals surface area contributed by atoms with Gasteiger partial charge in [-0.2, -0.15) is 0 Å². The molecule has 1 nitrogen and oxygen atoms in total. The predicted molar refractivity (Wildman–Crippen MR) is 52.6 cm³/mol. The first-order valence-corrected chi connectivity index (χ1v) is 3.91. The Hall–Kier alpha value is 0.526. The second-order valence-electron chi connectivity index (χ2n) is 2.54. The summed E-state index contributed by atoms with van der Waals surface area (Å²) < 4.78 is 0. The molecule has 2 heteroatoms. The van der Waals surface area contributed by atoms with Crippen molar-refractivity contribution < 1.29 is 4.79 Å². The summed E-state index contributed by atoms with van der Waals surface area (Å²) in [6, 6.07) is 10.2. The minimum absolute atomic E-state index is 0. The summed E-state index contributed by atoms with van der Waals surface area (Å²) in [5, 5.41) is 0. The molecular formula is C10H13KO. The van der Waals surface area contributed by atoms with Gasteiger partial charge in [0.2, 0.25) is 0 Å². The van der Waals surface area contributed by atoms with Crippen molar-refractivity contribution in [2.75, 3.05) is 0 Å². The van der Waals surface area contributed by atoms with Crippen LogP contribution >= 0.6 is 0 Å². The van der Waals surface area contributed by atoms with Crippen molar-refractivity contribution in [3.05, 3.63) is 35.9 Å². The molecule has 1 rings (SSSR count). The van der Waals surface area contributed by atoms with Crippen LogP contribution in [0.4, 0.5) is 0 Å². The molecule has 0 fully saturated rings. The number of carbonyl (C=O) groups excluding carboxylic acids is 1. The fraction of sp³-hybridized carbons (Fsp3) is 0.300. The molecule has 1 aromatic carbocycles. The van der Waals surface area contributed by atoms with Gasteiger partial charge in [0.15, 0.2) is 0 Å². The topological polar surface area (TPSA) is 17.1 Å². The van der Waals surface area contributed by atoms with E-state index in [1.165, 1.54) is 5.56 Å². The van der Waals surface area contributed by atoms with Crippen molar-refractivity contribution in [2.45, 2.75) is 19.3 Å². The van der Waals surface area contributed by atoms with Crippen molar-refractivity contribution in [3.8, 4) is 0 Å². The quantitative estimate of drug-likeness (QED) is 0.398. The zero-order chi connectivity index (χ0) is 7.94. The first kappa shape index (κ1) is 12.5. The van der Waals surface area contributed by atoms with Gasteiger partial charge in [-0.05, 0) is 18.4 Å². The Balaban J connectivity index is 0.00000121. The van der Waals surface area contributed by atoms with Gasteiger partial charge in [-0.1, -0.05) is 30.3 Å². The number of aldehydes is 1. The summed E-state index contributed by atoms with van der Waals surface area (Å²) in [4.78, 5) is 10.00. The summed E-state index contributed by atoms with van der Waals surface area (Å²) in [5.74, 6) is 0. The zero-order valence-corrected chi connectivity index (χ0v) is 6.49. The van der Waals surface area contributed by atoms with Crippen LogP contribution < -0.4 is 0 Å². The SMILES string of the molecule is O=CCCCc1ccccc1.[KH]. The molecule has 0 radical (unpaired) electrons. The van der Waals surface area contributed by atoms with Crippen LogP contribution in [0.1, 0.15) is 18.4 Å². The van der Waals surface area contributed by atoms with Gasteiger partial charge in [0.05, 0.1) is 0 Å². The average molecular weight is 188 g/mol. The van der Waals surface area contributed by atoms with E-state index in [4.69, 9.17) is 0 Å². The van der Waals surface area contributed by atoms with Gasteiger partial charge in [-0.25, -0.2) is 0 Å². The van der Waals surface area contributed by atoms with E-state index in [0.717, 1.165) is 19.1 Å². The molecule has 0 spiro atoms. The Kier molecular flexibility index (Phi) is 8.50. The predicted octanol–water partition coefficient (Wildman–Crippen LogP) is 1.56. The molecule has 0 bridgehead atoms. The second-order valence-corrected chi connectivity index (χ2v) is 2.54. The van der Waals surface area contributed by atoms with Crippen LogP contribution in [0.2, 0.25) is 0 Å². The summed E-state index contributed by atoms with van der Waals surface area (Å²) in [5.41, 5.74) is 1.31. The minimum atomic E-state index is 0. The van der Waals surface area contributed by atoms with Crippen LogP contribution in [-0.2, 0) is 11.2 Å². The fourth-order valence-electron chi connectivity index (χ4n) is 1.03. The first-order valence-electron chi connectivity index (χ1n) is 3.91. The van der Waals surface area contributed by atoms with E-state index in [0.29, 0.717) is 6.42 Å². The van der Waals surface area contributed by atoms with E-state index in [1.54, 1.807) is 0 Å². The Bertz CT molecular complexity index is 208. The first-order chi connectivity index (χ1) is 5.43. The molecule has 60 valence electrons. The molecule has 0 saturated heterocycles. The van der Waals surface area contributed by atoms with Gasteiger partial charge >= 0.3 is 51.4 Å². The second kappa shape index (κ2) is 8.14. The van der Waals surface area contributed by atoms with Gasteiger partial charge in [0.25, 0.3) is 0 Å². The fourth-order valence-corrected chi connectivity index (χ4v) is 1.03. The van der Waals surface area contributed by atoms with Crippen molar-refractivity contribution in [1.29, 1.82) is 0 Å². The number of unbranched alkanes of at least 4 members (excludes halogenated alkanes) is 1. The third kappa shape index (κ3) is 5.22. The number of benzene rings is 1. The van der Waals surface area contributed by atoms with Crippen molar-refractivity contribution in [2.24, 2.45) is 0 Å². The van der Waals surface area contributed by atoms with Crippen molar-refractivity contribution in [1.82, 2.24) is 0 Å². The molecule has 0 aliphatic rings. The monoisotopic (exact) mass is 188 g/mol. The van der Waals surface area contributed by atoms with Gasteiger partial charge < -0.3 is 4.79 Å². The van der Waals surface area contributed by atoms with E-state index in [1.807, 2.05) is 18.2 Å². The molecule has 0 N–H and O–H groups in total. The van der Waals surface area contributed by atoms with Crippen LogP contribution in [0.3, 0.4) is 0 Å². The van der Waals surface area contributed by atoms with E-state index >= 15 is 0 Å². The zero-order valence-electron chi connectivity index (χ0n) is 6.49. The molecule has 0 saturated carbocycles. The normalized spacial score (nSPS) is 8.67. The van der Waals surface area contributed by atoms with Crippen LogP contribution in [0.5, 0.6) is 0 Å². The van der Waals surface area contributed by atoms with E-state index in [-0.39, 0.29) is 51.4 Å². The number of hydrogen-bond donors (Lipinski definition) is 0. The van der Waals surface area contributed by atoms with Gasteiger partial charge in [-0.15, -0.1) is 0 Å². The number of aryl methyl sites for hydroxylation is 1. The summed E-state index contributed by atoms with van der Waals surface area (Å²) in [7, 11) is 0. The third-order valence-corrected chi connectivity index (χ3v) is 1.63. The van der Waals surface area contributed by atoms with Crippen LogP contribution in [0, 0.1) is 0 Å². The van der Waals surface area contributed by atoms with E-state index in [9.17, 15) is 4.79 Å². The van der Waals surface area contributed by atoms with Crippen molar-refractivity contribution in [3.63, 3.8) is 0 Å². The molecule has 1 aromatic rings. The van der Waals surface area contributed by atoms with Crippen molar-refractivity contribution >= 4 is 57.7 Å². The number of rotatable bonds is 4. The molecule has 0 aliphatic heterocycles. The van der Waals surface area contributed by atoms with Gasteiger partial charge in [0, 0.05) is 6.42 Å². The molecule has 0 aromatic heterocycles. The summed E-state index contributed by atoms with van der Waals surface area (Å²) in [6.45, 7) is 0. The Labute approximate surface area is 116 Å². The Morgan fingerprint density at radius 1 is 1.17 bits per heavy atom. The average Bonchev–Trinajstić information content (AvgIpc) is 2.07. The molecular weight excluding hydrogens is 175 g/mol. The molecule has 12 heavy (non-hydrogen) atoms. The number of hydrogen-bond acceptors (Lipinski definition) is 1. The van der Waals surface area contributed by atoms with Gasteiger partial charge in [0.1, 0.15) is 6.29 Å². The molecule has 0 unspecified atom stereocenters. The maximum atomic E-state index is 10.00. The maximum absolute atomic E-state index is 10.00. The van der Waals surface area contributed by atoms with E-state index in [2.05, 4.69) is 12.1 Å². The van der Waals surface area contributed by atoms with Gasteiger partial charge in [-0.3, -0.25) is 0 Å². The molecule has 0 atom stereocenters. The van der Waals surface area contributed by atoms with Crippen LogP contribution in [0.25, 0.3) is 0 Å². The molecule has 0 amide bonds. The van der Waals surface area contributed by atoms with Crippen LogP contribution in [-0.4, -0.2) is 57.7 Å². The molecule has 0 heterocycles. The van der Waals surface area contributed by atoms with Crippen LogP contribution in [0.15, 0.2) is 30.3 Å². The Morgan fingerprint density at radius 3 is 2.42 bits per heavy atom. The summed E-state index contributed by atoms with van der Waals surface area (Å²) >= 11 is 0. The summed E-state index contributed by atoms with van der Waals surface area (Å²) in [6.07, 6.45) is 3.63. The Morgan fingerprint density at radius 2 is 1.83 bits per heavy atom. The third-order valence-electron chi connectivity index (χ3n) is 1.63. The standard InChI is InChI=1S/C10H12O.K.H/c11-9-5-4-8-10-6-2-1-3-7-10;;/h1-3,6-7,9H,4-5,8H2;;. The number of carbonyl (C=O) groups is 1.